The Kier molecular flexibility index (Phi) is 4.62. The van der Waals surface area contributed by atoms with Gasteiger partial charge in [-0.05, 0) is 42.8 Å². The van der Waals surface area contributed by atoms with E-state index in [1.807, 2.05) is 43.3 Å². The van der Waals surface area contributed by atoms with Gasteiger partial charge >= 0.3 is 0 Å². The fourth-order valence-electron chi connectivity index (χ4n) is 2.39. The number of aryl methyl sites for hydroxylation is 1. The zero-order chi connectivity index (χ0) is 17.0. The van der Waals surface area contributed by atoms with Crippen LogP contribution in [0.1, 0.15) is 16.8 Å². The molecular formula is C19H18N2O2S. The average Bonchev–Trinajstić information content (AvgIpc) is 2.58. The predicted octanol–water partition coefficient (Wildman–Crippen LogP) is 3.78. The molecule has 0 aliphatic rings. The number of sulfonamides is 1. The average molecular weight is 338 g/mol. The summed E-state index contributed by atoms with van der Waals surface area (Å²) >= 11 is 0. The van der Waals surface area contributed by atoms with Gasteiger partial charge in [0.25, 0.3) is 10.0 Å². The van der Waals surface area contributed by atoms with E-state index in [0.29, 0.717) is 12.1 Å². The van der Waals surface area contributed by atoms with Crippen molar-refractivity contribution in [3.8, 4) is 0 Å². The maximum Gasteiger partial charge on any atom is 0.261 e. The third-order valence-electron chi connectivity index (χ3n) is 3.69. The molecule has 0 saturated heterocycles. The first-order chi connectivity index (χ1) is 11.5. The molecule has 0 atom stereocenters. The molecule has 3 rings (SSSR count). The molecule has 3 aromatic rings. The fourth-order valence-corrected chi connectivity index (χ4v) is 3.49. The van der Waals surface area contributed by atoms with Crippen molar-refractivity contribution in [1.82, 2.24) is 4.98 Å². The van der Waals surface area contributed by atoms with Gasteiger partial charge in [0.05, 0.1) is 10.6 Å². The second-order valence-corrected chi connectivity index (χ2v) is 7.26. The summed E-state index contributed by atoms with van der Waals surface area (Å²) in [6.45, 7) is 1.92. The molecule has 122 valence electrons. The zero-order valence-electron chi connectivity index (χ0n) is 13.3. The standard InChI is InChI=1S/C19H18N2O2S/c1-15-9-11-18(12-10-15)24(22,23)21-19-8-3-2-6-16(19)14-17-7-4-5-13-20-17/h2-13,21H,14H2,1H3. The Morgan fingerprint density at radius 2 is 1.62 bits per heavy atom. The van der Waals surface area contributed by atoms with Crippen molar-refractivity contribution >= 4 is 15.7 Å². The van der Waals surface area contributed by atoms with Crippen LogP contribution in [-0.4, -0.2) is 13.4 Å². The topological polar surface area (TPSA) is 59.1 Å². The first-order valence-electron chi connectivity index (χ1n) is 7.62. The summed E-state index contributed by atoms with van der Waals surface area (Å²) < 4.78 is 27.9. The van der Waals surface area contributed by atoms with Crippen molar-refractivity contribution in [1.29, 1.82) is 0 Å². The summed E-state index contributed by atoms with van der Waals surface area (Å²) in [5.41, 5.74) is 3.36. The van der Waals surface area contributed by atoms with Crippen molar-refractivity contribution < 1.29 is 8.42 Å². The maximum absolute atomic E-state index is 12.6. The number of pyridine rings is 1. The SMILES string of the molecule is Cc1ccc(S(=O)(=O)Nc2ccccc2Cc2ccccn2)cc1. The molecule has 0 aliphatic heterocycles. The maximum atomic E-state index is 12.6. The molecule has 4 nitrogen and oxygen atoms in total. The number of nitrogens with one attached hydrogen (secondary N) is 1. The van der Waals surface area contributed by atoms with E-state index in [0.717, 1.165) is 16.8 Å². The summed E-state index contributed by atoms with van der Waals surface area (Å²) in [6, 6.07) is 19.9. The Morgan fingerprint density at radius 3 is 2.33 bits per heavy atom. The van der Waals surface area contributed by atoms with Crippen LogP contribution in [0, 0.1) is 6.92 Å². The molecule has 0 bridgehead atoms. The lowest BCUT2D eigenvalue weighted by atomic mass is 10.1. The van der Waals surface area contributed by atoms with Gasteiger partial charge in [-0.15, -0.1) is 0 Å². The van der Waals surface area contributed by atoms with Crippen LogP contribution in [0.15, 0.2) is 77.8 Å². The van der Waals surface area contributed by atoms with Gasteiger partial charge in [-0.2, -0.15) is 0 Å². The monoisotopic (exact) mass is 338 g/mol. The zero-order valence-corrected chi connectivity index (χ0v) is 14.1. The molecule has 0 aliphatic carbocycles. The summed E-state index contributed by atoms with van der Waals surface area (Å²) in [6.07, 6.45) is 2.29. The lowest BCUT2D eigenvalue weighted by Gasteiger charge is -2.12. The van der Waals surface area contributed by atoms with Crippen LogP contribution in [0.2, 0.25) is 0 Å². The van der Waals surface area contributed by atoms with Crippen LogP contribution >= 0.6 is 0 Å². The Bertz CT molecular complexity index is 921. The Hall–Kier alpha value is -2.66. The highest BCUT2D eigenvalue weighted by Gasteiger charge is 2.15. The fraction of sp³-hybridized carbons (Fsp3) is 0.105. The van der Waals surface area contributed by atoms with E-state index >= 15 is 0 Å². The molecule has 1 aromatic heterocycles. The van der Waals surface area contributed by atoms with Crippen molar-refractivity contribution in [2.24, 2.45) is 0 Å². The molecule has 0 spiro atoms. The van der Waals surface area contributed by atoms with Gasteiger partial charge in [0.2, 0.25) is 0 Å². The second kappa shape index (κ2) is 6.84. The molecule has 2 aromatic carbocycles. The van der Waals surface area contributed by atoms with E-state index in [2.05, 4.69) is 9.71 Å². The summed E-state index contributed by atoms with van der Waals surface area (Å²) in [7, 11) is -3.62. The van der Waals surface area contributed by atoms with Crippen LogP contribution in [0.4, 0.5) is 5.69 Å². The smallest absolute Gasteiger partial charge is 0.261 e. The van der Waals surface area contributed by atoms with Gasteiger partial charge in [0.15, 0.2) is 0 Å². The number of nitrogens with zero attached hydrogens (tertiary/aromatic N) is 1. The first-order valence-corrected chi connectivity index (χ1v) is 9.10. The van der Waals surface area contributed by atoms with Crippen molar-refractivity contribution in [3.05, 3.63) is 89.7 Å². The van der Waals surface area contributed by atoms with Crippen LogP contribution < -0.4 is 4.72 Å². The third-order valence-corrected chi connectivity index (χ3v) is 5.07. The van der Waals surface area contributed by atoms with Gasteiger partial charge in [-0.25, -0.2) is 8.42 Å². The van der Waals surface area contributed by atoms with Gasteiger partial charge in [-0.3, -0.25) is 9.71 Å². The normalized spacial score (nSPS) is 11.2. The van der Waals surface area contributed by atoms with E-state index in [4.69, 9.17) is 0 Å². The number of para-hydroxylation sites is 1. The Labute approximate surface area is 142 Å². The molecule has 0 saturated carbocycles. The van der Waals surface area contributed by atoms with E-state index in [9.17, 15) is 8.42 Å². The largest absolute Gasteiger partial charge is 0.279 e. The summed E-state index contributed by atoms with van der Waals surface area (Å²) in [4.78, 5) is 4.55. The minimum Gasteiger partial charge on any atom is -0.279 e. The van der Waals surface area contributed by atoms with Crippen LogP contribution in [0.25, 0.3) is 0 Å². The Balaban J connectivity index is 1.89. The first kappa shape index (κ1) is 16.2. The van der Waals surface area contributed by atoms with E-state index in [1.54, 1.807) is 36.5 Å². The highest BCUT2D eigenvalue weighted by Crippen LogP contribution is 2.22. The van der Waals surface area contributed by atoms with Gasteiger partial charge < -0.3 is 0 Å². The lowest BCUT2D eigenvalue weighted by Crippen LogP contribution is -2.14. The second-order valence-electron chi connectivity index (χ2n) is 5.57. The molecule has 0 unspecified atom stereocenters. The minimum absolute atomic E-state index is 0.251. The molecule has 1 heterocycles. The molecule has 24 heavy (non-hydrogen) atoms. The molecule has 0 amide bonds. The van der Waals surface area contributed by atoms with Crippen molar-refractivity contribution in [2.75, 3.05) is 4.72 Å². The predicted molar refractivity (Wildman–Crippen MR) is 95.5 cm³/mol. The van der Waals surface area contributed by atoms with E-state index < -0.39 is 10.0 Å². The van der Waals surface area contributed by atoms with Crippen molar-refractivity contribution in [3.63, 3.8) is 0 Å². The molecule has 0 radical (unpaired) electrons. The number of rotatable bonds is 5. The lowest BCUT2D eigenvalue weighted by molar-refractivity contribution is 0.601. The van der Waals surface area contributed by atoms with E-state index in [-0.39, 0.29) is 4.90 Å². The number of anilines is 1. The minimum atomic E-state index is -3.62. The Morgan fingerprint density at radius 1 is 0.917 bits per heavy atom. The molecular weight excluding hydrogens is 320 g/mol. The summed E-state index contributed by atoms with van der Waals surface area (Å²) in [5, 5.41) is 0. The van der Waals surface area contributed by atoms with Crippen LogP contribution in [-0.2, 0) is 16.4 Å². The van der Waals surface area contributed by atoms with Gasteiger partial charge in [0.1, 0.15) is 0 Å². The van der Waals surface area contributed by atoms with Crippen LogP contribution in [0.5, 0.6) is 0 Å². The number of aromatic nitrogens is 1. The van der Waals surface area contributed by atoms with Crippen molar-refractivity contribution in [2.45, 2.75) is 18.2 Å². The molecule has 1 N–H and O–H groups in total. The highest BCUT2D eigenvalue weighted by molar-refractivity contribution is 7.92. The molecule has 0 fully saturated rings. The molecule has 5 heteroatoms. The number of benzene rings is 2. The van der Waals surface area contributed by atoms with E-state index in [1.165, 1.54) is 0 Å². The number of hydrogen-bond acceptors (Lipinski definition) is 3. The quantitative estimate of drug-likeness (QED) is 0.770. The summed E-state index contributed by atoms with van der Waals surface area (Å²) in [5.74, 6) is 0. The number of hydrogen-bond donors (Lipinski definition) is 1. The van der Waals surface area contributed by atoms with Gasteiger partial charge in [0, 0.05) is 18.3 Å². The highest BCUT2D eigenvalue weighted by atomic mass is 32.2. The third kappa shape index (κ3) is 3.81. The van der Waals surface area contributed by atoms with Gasteiger partial charge in [-0.1, -0.05) is 42.0 Å². The van der Waals surface area contributed by atoms with Crippen LogP contribution in [0.3, 0.4) is 0 Å².